The van der Waals surface area contributed by atoms with Crippen LogP contribution in [0.4, 0.5) is 10.1 Å². The zero-order valence-corrected chi connectivity index (χ0v) is 11.1. The van der Waals surface area contributed by atoms with Gasteiger partial charge in [0.1, 0.15) is 5.82 Å². The van der Waals surface area contributed by atoms with Crippen LogP contribution in [0, 0.1) is 17.7 Å². The Labute approximate surface area is 107 Å². The second kappa shape index (κ2) is 5.26. The number of anilines is 1. The van der Waals surface area contributed by atoms with E-state index < -0.39 is 0 Å². The molecule has 0 spiro atoms. The van der Waals surface area contributed by atoms with Crippen molar-refractivity contribution in [3.05, 3.63) is 29.0 Å². The smallest absolute Gasteiger partial charge is 0.147 e. The molecule has 17 heavy (non-hydrogen) atoms. The van der Waals surface area contributed by atoms with E-state index in [9.17, 15) is 4.39 Å². The van der Waals surface area contributed by atoms with Crippen molar-refractivity contribution in [1.82, 2.24) is 0 Å². The van der Waals surface area contributed by atoms with Gasteiger partial charge in [0, 0.05) is 6.04 Å². The predicted octanol–water partition coefficient (Wildman–Crippen LogP) is 4.72. The molecular weight excluding hydrogens is 237 g/mol. The van der Waals surface area contributed by atoms with Crippen LogP contribution in [0.2, 0.25) is 5.02 Å². The van der Waals surface area contributed by atoms with Gasteiger partial charge in [-0.15, -0.1) is 0 Å². The van der Waals surface area contributed by atoms with Crippen LogP contribution >= 0.6 is 11.6 Å². The van der Waals surface area contributed by atoms with E-state index in [0.29, 0.717) is 22.7 Å². The first kappa shape index (κ1) is 12.7. The Kier molecular flexibility index (Phi) is 3.93. The van der Waals surface area contributed by atoms with Gasteiger partial charge in [-0.05, 0) is 43.2 Å². The molecule has 3 atom stereocenters. The molecule has 1 fully saturated rings. The maximum atomic E-state index is 13.7. The molecule has 0 heterocycles. The standard InChI is InChI=1S/C14H19ClFN/c1-9-6-7-13(10(2)8-9)17-14-11(15)4-3-5-12(14)16/h3-5,9-10,13,17H,6-8H2,1-2H3. The highest BCUT2D eigenvalue weighted by Crippen LogP contribution is 2.33. The zero-order valence-electron chi connectivity index (χ0n) is 10.3. The minimum absolute atomic E-state index is 0.261. The molecule has 1 aromatic carbocycles. The van der Waals surface area contributed by atoms with Crippen LogP contribution in [-0.4, -0.2) is 6.04 Å². The Bertz CT molecular complexity index is 374. The second-order valence-electron chi connectivity index (χ2n) is 5.24. The van der Waals surface area contributed by atoms with Crippen molar-refractivity contribution < 1.29 is 4.39 Å². The molecule has 0 bridgehead atoms. The fraction of sp³-hybridized carbons (Fsp3) is 0.571. The minimum atomic E-state index is -0.261. The van der Waals surface area contributed by atoms with Crippen LogP contribution in [-0.2, 0) is 0 Å². The van der Waals surface area contributed by atoms with Gasteiger partial charge >= 0.3 is 0 Å². The second-order valence-corrected chi connectivity index (χ2v) is 5.65. The van der Waals surface area contributed by atoms with E-state index in [1.807, 2.05) is 0 Å². The molecule has 0 aromatic heterocycles. The van der Waals surface area contributed by atoms with Gasteiger partial charge in [-0.1, -0.05) is 31.5 Å². The van der Waals surface area contributed by atoms with E-state index >= 15 is 0 Å². The fourth-order valence-electron chi connectivity index (χ4n) is 2.70. The van der Waals surface area contributed by atoms with Crippen molar-refractivity contribution in [2.45, 2.75) is 39.2 Å². The first-order valence-electron chi connectivity index (χ1n) is 6.28. The lowest BCUT2D eigenvalue weighted by Gasteiger charge is -2.34. The van der Waals surface area contributed by atoms with Crippen LogP contribution in [0.5, 0.6) is 0 Å². The molecule has 1 aromatic rings. The van der Waals surface area contributed by atoms with E-state index in [0.717, 1.165) is 12.3 Å². The molecule has 0 amide bonds. The van der Waals surface area contributed by atoms with Crippen LogP contribution in [0.3, 0.4) is 0 Å². The van der Waals surface area contributed by atoms with Gasteiger partial charge in [0.2, 0.25) is 0 Å². The van der Waals surface area contributed by atoms with Crippen LogP contribution in [0.15, 0.2) is 18.2 Å². The number of hydrogen-bond donors (Lipinski definition) is 1. The third-order valence-electron chi connectivity index (χ3n) is 3.72. The van der Waals surface area contributed by atoms with Crippen LogP contribution in [0.1, 0.15) is 33.1 Å². The van der Waals surface area contributed by atoms with Gasteiger partial charge in [-0.25, -0.2) is 4.39 Å². The van der Waals surface area contributed by atoms with E-state index in [1.165, 1.54) is 18.9 Å². The van der Waals surface area contributed by atoms with E-state index in [-0.39, 0.29) is 5.82 Å². The predicted molar refractivity (Wildman–Crippen MR) is 71.0 cm³/mol. The van der Waals surface area contributed by atoms with Crippen molar-refractivity contribution in [2.24, 2.45) is 11.8 Å². The summed E-state index contributed by atoms with van der Waals surface area (Å²) in [5, 5.41) is 3.75. The molecule has 94 valence electrons. The lowest BCUT2D eigenvalue weighted by Crippen LogP contribution is -2.33. The van der Waals surface area contributed by atoms with E-state index in [2.05, 4.69) is 19.2 Å². The van der Waals surface area contributed by atoms with Gasteiger partial charge < -0.3 is 5.32 Å². The highest BCUT2D eigenvalue weighted by atomic mass is 35.5. The fourth-order valence-corrected chi connectivity index (χ4v) is 2.92. The average Bonchev–Trinajstić information content (AvgIpc) is 2.26. The quantitative estimate of drug-likeness (QED) is 0.807. The monoisotopic (exact) mass is 255 g/mol. The van der Waals surface area contributed by atoms with Gasteiger partial charge in [0.15, 0.2) is 0 Å². The lowest BCUT2D eigenvalue weighted by molar-refractivity contribution is 0.276. The Hall–Kier alpha value is -0.760. The average molecular weight is 256 g/mol. The molecule has 3 unspecified atom stereocenters. The Morgan fingerprint density at radius 2 is 2.06 bits per heavy atom. The summed E-state index contributed by atoms with van der Waals surface area (Å²) in [6.45, 7) is 4.50. The van der Waals surface area contributed by atoms with Crippen LogP contribution < -0.4 is 5.32 Å². The maximum Gasteiger partial charge on any atom is 0.147 e. The number of rotatable bonds is 2. The number of halogens is 2. The molecule has 1 saturated carbocycles. The first-order valence-corrected chi connectivity index (χ1v) is 6.66. The largest absolute Gasteiger partial charge is 0.378 e. The molecule has 0 saturated heterocycles. The first-order chi connectivity index (χ1) is 8.08. The molecule has 2 rings (SSSR count). The molecular formula is C14H19ClFN. The highest BCUT2D eigenvalue weighted by molar-refractivity contribution is 6.33. The van der Waals surface area contributed by atoms with Gasteiger partial charge in [-0.2, -0.15) is 0 Å². The summed E-state index contributed by atoms with van der Waals surface area (Å²) in [6.07, 6.45) is 3.49. The van der Waals surface area contributed by atoms with Gasteiger partial charge in [0.05, 0.1) is 10.7 Å². The third kappa shape index (κ3) is 2.92. The molecule has 1 aliphatic carbocycles. The summed E-state index contributed by atoms with van der Waals surface area (Å²) in [5.74, 6) is 1.08. The Balaban J connectivity index is 2.10. The van der Waals surface area contributed by atoms with Crippen molar-refractivity contribution >= 4 is 17.3 Å². The van der Waals surface area contributed by atoms with Crippen LogP contribution in [0.25, 0.3) is 0 Å². The summed E-state index contributed by atoms with van der Waals surface area (Å²) in [6, 6.07) is 5.14. The van der Waals surface area contributed by atoms with E-state index in [1.54, 1.807) is 12.1 Å². The number of benzene rings is 1. The zero-order chi connectivity index (χ0) is 12.4. The molecule has 1 nitrogen and oxygen atoms in total. The number of para-hydroxylation sites is 1. The van der Waals surface area contributed by atoms with Crippen molar-refractivity contribution in [1.29, 1.82) is 0 Å². The summed E-state index contributed by atoms with van der Waals surface area (Å²) < 4.78 is 13.7. The molecule has 0 aliphatic heterocycles. The summed E-state index contributed by atoms with van der Waals surface area (Å²) >= 11 is 6.02. The van der Waals surface area contributed by atoms with Crippen molar-refractivity contribution in [3.63, 3.8) is 0 Å². The van der Waals surface area contributed by atoms with Gasteiger partial charge in [-0.3, -0.25) is 0 Å². The lowest BCUT2D eigenvalue weighted by atomic mass is 9.80. The van der Waals surface area contributed by atoms with Crippen molar-refractivity contribution in [2.75, 3.05) is 5.32 Å². The van der Waals surface area contributed by atoms with Gasteiger partial charge in [0.25, 0.3) is 0 Å². The normalized spacial score (nSPS) is 29.1. The maximum absolute atomic E-state index is 13.7. The molecule has 3 heteroatoms. The number of nitrogens with one attached hydrogen (secondary N) is 1. The third-order valence-corrected chi connectivity index (χ3v) is 4.04. The topological polar surface area (TPSA) is 12.0 Å². The highest BCUT2D eigenvalue weighted by Gasteiger charge is 2.26. The minimum Gasteiger partial charge on any atom is -0.378 e. The SMILES string of the molecule is CC1CCC(Nc2c(F)cccc2Cl)C(C)C1. The summed E-state index contributed by atoms with van der Waals surface area (Å²) in [4.78, 5) is 0. The molecule has 1 N–H and O–H groups in total. The Morgan fingerprint density at radius 3 is 2.71 bits per heavy atom. The molecule has 1 aliphatic rings. The number of hydrogen-bond acceptors (Lipinski definition) is 1. The Morgan fingerprint density at radius 1 is 1.29 bits per heavy atom. The van der Waals surface area contributed by atoms with E-state index in [4.69, 9.17) is 11.6 Å². The summed E-state index contributed by atoms with van der Waals surface area (Å²) in [7, 11) is 0. The molecule has 0 radical (unpaired) electrons. The summed E-state index contributed by atoms with van der Waals surface area (Å²) in [5.41, 5.74) is 0.459. The van der Waals surface area contributed by atoms with Crippen molar-refractivity contribution in [3.8, 4) is 0 Å².